The Labute approximate surface area is 159 Å². The lowest BCUT2D eigenvalue weighted by atomic mass is 10.2. The molecule has 0 saturated carbocycles. The minimum absolute atomic E-state index is 0.0536. The Kier molecular flexibility index (Phi) is 6.31. The van der Waals surface area contributed by atoms with Crippen molar-refractivity contribution in [2.24, 2.45) is 0 Å². The summed E-state index contributed by atoms with van der Waals surface area (Å²) in [6.45, 7) is 7.22. The van der Waals surface area contributed by atoms with Gasteiger partial charge in [-0.1, -0.05) is 11.6 Å². The third kappa shape index (κ3) is 4.77. The van der Waals surface area contributed by atoms with E-state index in [9.17, 15) is 13.2 Å². The molecule has 2 rings (SSSR count). The maximum atomic E-state index is 12.5. The van der Waals surface area contributed by atoms with Crippen LogP contribution < -0.4 is 10.2 Å². The van der Waals surface area contributed by atoms with Crippen LogP contribution in [0.4, 0.5) is 11.4 Å². The summed E-state index contributed by atoms with van der Waals surface area (Å²) in [7, 11) is -3.42. The van der Waals surface area contributed by atoms with E-state index in [1.807, 2.05) is 24.3 Å². The molecule has 0 bridgehead atoms. The summed E-state index contributed by atoms with van der Waals surface area (Å²) in [4.78, 5) is 14.8. The van der Waals surface area contributed by atoms with E-state index in [0.717, 1.165) is 18.5 Å². The highest BCUT2D eigenvalue weighted by Gasteiger charge is 2.16. The Balaban J connectivity index is 2.23. The van der Waals surface area contributed by atoms with E-state index >= 15 is 0 Å². The molecule has 140 valence electrons. The first-order valence-corrected chi connectivity index (χ1v) is 10.6. The summed E-state index contributed by atoms with van der Waals surface area (Å²) in [6.07, 6.45) is 1.09. The van der Waals surface area contributed by atoms with Gasteiger partial charge in [-0.2, -0.15) is 0 Å². The molecule has 0 aliphatic heterocycles. The maximum Gasteiger partial charge on any atom is 0.257 e. The molecular formula is C19H23ClN2O3S. The van der Waals surface area contributed by atoms with Gasteiger partial charge in [0.05, 0.1) is 15.5 Å². The summed E-state index contributed by atoms with van der Waals surface area (Å²) in [6, 6.07) is 12.0. The number of nitrogens with one attached hydrogen (secondary N) is 1. The molecule has 0 aliphatic rings. The fourth-order valence-corrected chi connectivity index (χ4v) is 3.54. The van der Waals surface area contributed by atoms with Crippen molar-refractivity contribution in [3.8, 4) is 0 Å². The highest BCUT2D eigenvalue weighted by molar-refractivity contribution is 7.90. The molecule has 0 spiro atoms. The van der Waals surface area contributed by atoms with Gasteiger partial charge in [0.25, 0.3) is 5.91 Å². The number of amides is 1. The Bertz CT molecular complexity index is 894. The molecule has 0 aliphatic carbocycles. The molecule has 0 fully saturated rings. The average molecular weight is 395 g/mol. The van der Waals surface area contributed by atoms with Crippen molar-refractivity contribution in [3.63, 3.8) is 0 Å². The second kappa shape index (κ2) is 8.10. The minimum atomic E-state index is -3.42. The van der Waals surface area contributed by atoms with E-state index in [1.165, 1.54) is 18.2 Å². The normalized spacial score (nSPS) is 11.5. The number of anilines is 2. The summed E-state index contributed by atoms with van der Waals surface area (Å²) in [5.74, 6) is -0.454. The van der Waals surface area contributed by atoms with E-state index in [4.69, 9.17) is 11.6 Å². The molecule has 0 saturated heterocycles. The minimum Gasteiger partial charge on any atom is -0.369 e. The zero-order valence-corrected chi connectivity index (χ0v) is 16.9. The molecule has 2 aromatic carbocycles. The Morgan fingerprint density at radius 2 is 1.77 bits per heavy atom. The first-order chi connectivity index (χ1) is 12.1. The van der Waals surface area contributed by atoms with Gasteiger partial charge in [-0.3, -0.25) is 4.79 Å². The highest BCUT2D eigenvalue weighted by atomic mass is 35.5. The van der Waals surface area contributed by atoms with Crippen molar-refractivity contribution in [2.45, 2.75) is 31.7 Å². The van der Waals surface area contributed by atoms with Crippen LogP contribution in [0.25, 0.3) is 0 Å². The van der Waals surface area contributed by atoms with Crippen molar-refractivity contribution < 1.29 is 13.2 Å². The van der Waals surface area contributed by atoms with Gasteiger partial charge in [-0.15, -0.1) is 0 Å². The van der Waals surface area contributed by atoms with Gasteiger partial charge in [0, 0.05) is 30.2 Å². The smallest absolute Gasteiger partial charge is 0.257 e. The van der Waals surface area contributed by atoms with Crippen LogP contribution in [0.15, 0.2) is 47.4 Å². The number of hydrogen-bond acceptors (Lipinski definition) is 4. The molecule has 2 aromatic rings. The molecule has 0 aromatic heterocycles. The number of nitrogens with zero attached hydrogens (tertiary/aromatic N) is 1. The first kappa shape index (κ1) is 20.3. The van der Waals surface area contributed by atoms with Gasteiger partial charge in [0.1, 0.15) is 0 Å². The van der Waals surface area contributed by atoms with E-state index < -0.39 is 15.7 Å². The van der Waals surface area contributed by atoms with Gasteiger partial charge >= 0.3 is 0 Å². The Hall–Kier alpha value is -2.05. The van der Waals surface area contributed by atoms with E-state index in [2.05, 4.69) is 31.0 Å². The molecule has 26 heavy (non-hydrogen) atoms. The van der Waals surface area contributed by atoms with Crippen LogP contribution in [-0.2, 0) is 9.84 Å². The van der Waals surface area contributed by atoms with Gasteiger partial charge in [0.2, 0.25) is 0 Å². The van der Waals surface area contributed by atoms with Crippen LogP contribution >= 0.6 is 11.6 Å². The van der Waals surface area contributed by atoms with Crippen LogP contribution in [0.3, 0.4) is 0 Å². The van der Waals surface area contributed by atoms with Gasteiger partial charge in [0.15, 0.2) is 9.84 Å². The van der Waals surface area contributed by atoms with Gasteiger partial charge in [-0.25, -0.2) is 8.42 Å². The summed E-state index contributed by atoms with van der Waals surface area (Å²) in [5, 5.41) is 2.95. The third-order valence-electron chi connectivity index (χ3n) is 4.03. The van der Waals surface area contributed by atoms with Crippen molar-refractivity contribution in [2.75, 3.05) is 23.0 Å². The SMILES string of the molecule is CCN(c1ccc(NC(=O)c2cc(S(C)(=O)=O)ccc2Cl)cc1)C(C)C. The number of rotatable bonds is 6. The summed E-state index contributed by atoms with van der Waals surface area (Å²) >= 11 is 6.07. The molecule has 0 atom stereocenters. The standard InChI is InChI=1S/C19H23ClN2O3S/c1-5-22(13(2)3)15-8-6-14(7-9-15)21-19(23)17-12-16(26(4,24)25)10-11-18(17)20/h6-13H,5H2,1-4H3,(H,21,23). The van der Waals surface area contributed by atoms with E-state index in [1.54, 1.807) is 0 Å². The topological polar surface area (TPSA) is 66.5 Å². The Morgan fingerprint density at radius 1 is 1.15 bits per heavy atom. The largest absolute Gasteiger partial charge is 0.369 e. The molecular weight excluding hydrogens is 372 g/mol. The number of carbonyl (C=O) groups excluding carboxylic acids is 1. The summed E-state index contributed by atoms with van der Waals surface area (Å²) < 4.78 is 23.4. The fraction of sp³-hybridized carbons (Fsp3) is 0.316. The van der Waals surface area contributed by atoms with Crippen LogP contribution in [0, 0.1) is 0 Å². The predicted molar refractivity (Wildman–Crippen MR) is 107 cm³/mol. The summed E-state index contributed by atoms with van der Waals surface area (Å²) in [5.41, 5.74) is 1.80. The van der Waals surface area contributed by atoms with Crippen LogP contribution in [-0.4, -0.2) is 33.2 Å². The molecule has 5 nitrogen and oxygen atoms in total. The maximum absolute atomic E-state index is 12.5. The molecule has 1 N–H and O–H groups in total. The van der Waals surface area contributed by atoms with Gasteiger partial charge < -0.3 is 10.2 Å². The van der Waals surface area contributed by atoms with E-state index in [-0.39, 0.29) is 15.5 Å². The lowest BCUT2D eigenvalue weighted by Crippen LogP contribution is -2.30. The number of halogens is 1. The molecule has 0 heterocycles. The van der Waals surface area contributed by atoms with Crippen molar-refractivity contribution in [1.82, 2.24) is 0 Å². The number of carbonyl (C=O) groups is 1. The van der Waals surface area contributed by atoms with Gasteiger partial charge in [-0.05, 0) is 63.2 Å². The van der Waals surface area contributed by atoms with Crippen LogP contribution in [0.5, 0.6) is 0 Å². The van der Waals surface area contributed by atoms with Crippen molar-refractivity contribution in [1.29, 1.82) is 0 Å². The highest BCUT2D eigenvalue weighted by Crippen LogP contribution is 2.23. The quantitative estimate of drug-likeness (QED) is 0.796. The second-order valence-electron chi connectivity index (χ2n) is 6.29. The number of sulfone groups is 1. The number of benzene rings is 2. The van der Waals surface area contributed by atoms with E-state index in [0.29, 0.717) is 11.7 Å². The Morgan fingerprint density at radius 3 is 2.27 bits per heavy atom. The lowest BCUT2D eigenvalue weighted by molar-refractivity contribution is 0.102. The molecule has 0 unspecified atom stereocenters. The molecule has 1 amide bonds. The second-order valence-corrected chi connectivity index (χ2v) is 8.72. The van der Waals surface area contributed by atoms with Crippen LogP contribution in [0.1, 0.15) is 31.1 Å². The predicted octanol–water partition coefficient (Wildman–Crippen LogP) is 4.23. The molecule has 0 radical (unpaired) electrons. The van der Waals surface area contributed by atoms with Crippen molar-refractivity contribution >= 4 is 38.7 Å². The first-order valence-electron chi connectivity index (χ1n) is 8.31. The fourth-order valence-electron chi connectivity index (χ4n) is 2.69. The zero-order valence-electron chi connectivity index (χ0n) is 15.3. The van der Waals surface area contributed by atoms with Crippen LogP contribution in [0.2, 0.25) is 5.02 Å². The monoisotopic (exact) mass is 394 g/mol. The molecule has 7 heteroatoms. The number of hydrogen-bond donors (Lipinski definition) is 1. The third-order valence-corrected chi connectivity index (χ3v) is 5.47. The average Bonchev–Trinajstić information content (AvgIpc) is 2.56. The van der Waals surface area contributed by atoms with Crippen molar-refractivity contribution in [3.05, 3.63) is 53.1 Å². The zero-order chi connectivity index (χ0) is 19.5. The lowest BCUT2D eigenvalue weighted by Gasteiger charge is -2.27.